The van der Waals surface area contributed by atoms with E-state index < -0.39 is 11.7 Å². The molecule has 1 saturated carbocycles. The van der Waals surface area contributed by atoms with Crippen LogP contribution in [0.15, 0.2) is 30.5 Å². The van der Waals surface area contributed by atoms with Crippen LogP contribution in [0.4, 0.5) is 4.39 Å². The predicted molar refractivity (Wildman–Crippen MR) is 94.4 cm³/mol. The topological polar surface area (TPSA) is 51.2 Å². The molecule has 2 aromatic rings. The first-order valence-electron chi connectivity index (χ1n) is 8.25. The summed E-state index contributed by atoms with van der Waals surface area (Å²) in [6.07, 6.45) is 4.20. The van der Waals surface area contributed by atoms with E-state index in [-0.39, 0.29) is 10.9 Å². The number of nitrogens with one attached hydrogen (secondary N) is 1. The van der Waals surface area contributed by atoms with Crippen molar-refractivity contribution in [3.8, 4) is 5.88 Å². The van der Waals surface area contributed by atoms with Gasteiger partial charge in [-0.2, -0.15) is 0 Å². The fraction of sp³-hybridized carbons (Fsp3) is 0.368. The number of carbonyl (C=O) groups excluding carboxylic acids is 1. The molecule has 1 fully saturated rings. The molecule has 1 aromatic heterocycles. The Morgan fingerprint density at radius 3 is 2.84 bits per heavy atom. The summed E-state index contributed by atoms with van der Waals surface area (Å²) in [4.78, 5) is 16.8. The number of hydrogen-bond donors (Lipinski definition) is 1. The average Bonchev–Trinajstić information content (AvgIpc) is 3.46. The highest BCUT2D eigenvalue weighted by Crippen LogP contribution is 2.40. The van der Waals surface area contributed by atoms with E-state index in [0.717, 1.165) is 5.56 Å². The molecular weight excluding hydrogens is 343 g/mol. The lowest BCUT2D eigenvalue weighted by Crippen LogP contribution is -2.27. The number of ether oxygens (including phenoxy) is 1. The molecule has 4 nitrogen and oxygen atoms in total. The number of benzene rings is 1. The van der Waals surface area contributed by atoms with Crippen molar-refractivity contribution in [1.29, 1.82) is 0 Å². The molecule has 0 unspecified atom stereocenters. The molecule has 0 saturated heterocycles. The third-order valence-electron chi connectivity index (χ3n) is 4.48. The zero-order valence-corrected chi connectivity index (χ0v) is 14.9. The van der Waals surface area contributed by atoms with Crippen molar-refractivity contribution in [3.05, 3.63) is 58.0 Å². The van der Waals surface area contributed by atoms with Crippen LogP contribution in [0.2, 0.25) is 5.02 Å². The second-order valence-electron chi connectivity index (χ2n) is 6.32. The summed E-state index contributed by atoms with van der Waals surface area (Å²) in [5, 5.41) is 2.91. The number of aromatic nitrogens is 1. The van der Waals surface area contributed by atoms with Gasteiger partial charge < -0.3 is 10.1 Å². The average molecular weight is 363 g/mol. The lowest BCUT2D eigenvalue weighted by Gasteiger charge is -2.15. The van der Waals surface area contributed by atoms with Crippen molar-refractivity contribution in [2.45, 2.75) is 38.1 Å². The van der Waals surface area contributed by atoms with Crippen LogP contribution in [-0.4, -0.2) is 18.0 Å². The Morgan fingerprint density at radius 1 is 1.44 bits per heavy atom. The summed E-state index contributed by atoms with van der Waals surface area (Å²) in [7, 11) is 1.56. The van der Waals surface area contributed by atoms with Gasteiger partial charge in [0, 0.05) is 18.3 Å². The Kier molecular flexibility index (Phi) is 5.23. The third kappa shape index (κ3) is 4.10. The van der Waals surface area contributed by atoms with Crippen molar-refractivity contribution in [1.82, 2.24) is 10.3 Å². The Hall–Kier alpha value is -2.14. The van der Waals surface area contributed by atoms with Gasteiger partial charge in [0.15, 0.2) is 0 Å². The number of carbonyl (C=O) groups is 1. The largest absolute Gasteiger partial charge is 0.481 e. The molecule has 0 spiro atoms. The molecule has 1 atom stereocenters. The Balaban J connectivity index is 1.68. The molecular formula is C19H20ClFN2O2. The predicted octanol–water partition coefficient (Wildman–Crippen LogP) is 4.18. The van der Waals surface area contributed by atoms with E-state index in [1.54, 1.807) is 20.1 Å². The van der Waals surface area contributed by atoms with Gasteiger partial charge in [-0.3, -0.25) is 4.79 Å². The number of rotatable bonds is 6. The molecule has 25 heavy (non-hydrogen) atoms. The summed E-state index contributed by atoms with van der Waals surface area (Å²) in [5.41, 5.74) is 2.70. The number of nitrogens with zero attached hydrogens (tertiary/aromatic N) is 1. The maximum absolute atomic E-state index is 13.3. The molecule has 0 bridgehead atoms. The maximum atomic E-state index is 13.3. The van der Waals surface area contributed by atoms with Crippen LogP contribution in [0.3, 0.4) is 0 Å². The first kappa shape index (κ1) is 17.7. The first-order chi connectivity index (χ1) is 12.0. The van der Waals surface area contributed by atoms with E-state index in [2.05, 4.69) is 10.3 Å². The SMILES string of the molecule is COc1ncc(C2CC2)cc1CNC(=O)[C@@H](C)c1ccc(F)c(Cl)c1. The van der Waals surface area contributed by atoms with Gasteiger partial charge in [-0.05, 0) is 55.0 Å². The highest BCUT2D eigenvalue weighted by Gasteiger charge is 2.25. The lowest BCUT2D eigenvalue weighted by molar-refractivity contribution is -0.122. The maximum Gasteiger partial charge on any atom is 0.227 e. The fourth-order valence-corrected chi connectivity index (χ4v) is 2.92. The first-order valence-corrected chi connectivity index (χ1v) is 8.63. The van der Waals surface area contributed by atoms with Crippen molar-refractivity contribution in [2.75, 3.05) is 7.11 Å². The van der Waals surface area contributed by atoms with E-state index in [4.69, 9.17) is 16.3 Å². The Bertz CT molecular complexity index is 793. The molecule has 6 heteroatoms. The van der Waals surface area contributed by atoms with Gasteiger partial charge in [-0.1, -0.05) is 17.7 Å². The van der Waals surface area contributed by atoms with Crippen molar-refractivity contribution in [2.24, 2.45) is 0 Å². The van der Waals surface area contributed by atoms with Crippen LogP contribution >= 0.6 is 11.6 Å². The summed E-state index contributed by atoms with van der Waals surface area (Å²) in [5.74, 6) is -0.00809. The minimum absolute atomic E-state index is 0.0140. The third-order valence-corrected chi connectivity index (χ3v) is 4.77. The number of amides is 1. The second kappa shape index (κ2) is 7.40. The smallest absolute Gasteiger partial charge is 0.227 e. The molecule has 1 amide bonds. The number of halogens is 2. The van der Waals surface area contributed by atoms with E-state index >= 15 is 0 Å². The van der Waals surface area contributed by atoms with Gasteiger partial charge >= 0.3 is 0 Å². The number of hydrogen-bond acceptors (Lipinski definition) is 3. The van der Waals surface area contributed by atoms with Gasteiger partial charge in [0.1, 0.15) is 5.82 Å². The minimum atomic E-state index is -0.495. The molecule has 1 aliphatic rings. The Labute approximate surface area is 151 Å². The van der Waals surface area contributed by atoms with Gasteiger partial charge in [0.25, 0.3) is 0 Å². The van der Waals surface area contributed by atoms with Crippen molar-refractivity contribution >= 4 is 17.5 Å². The molecule has 0 aliphatic heterocycles. The number of methoxy groups -OCH3 is 1. The fourth-order valence-electron chi connectivity index (χ4n) is 2.74. The van der Waals surface area contributed by atoms with Crippen molar-refractivity contribution < 1.29 is 13.9 Å². The van der Waals surface area contributed by atoms with Gasteiger partial charge in [-0.15, -0.1) is 0 Å². The molecule has 0 radical (unpaired) electrons. The van der Waals surface area contributed by atoms with Gasteiger partial charge in [0.05, 0.1) is 18.1 Å². The van der Waals surface area contributed by atoms with Crippen LogP contribution < -0.4 is 10.1 Å². The van der Waals surface area contributed by atoms with E-state index in [9.17, 15) is 9.18 Å². The quantitative estimate of drug-likeness (QED) is 0.838. The molecule has 1 heterocycles. The van der Waals surface area contributed by atoms with E-state index in [0.29, 0.717) is 23.9 Å². The summed E-state index contributed by atoms with van der Waals surface area (Å²) in [6, 6.07) is 6.37. The molecule has 1 aliphatic carbocycles. The highest BCUT2D eigenvalue weighted by atomic mass is 35.5. The van der Waals surface area contributed by atoms with Crippen LogP contribution in [0.25, 0.3) is 0 Å². The van der Waals surface area contributed by atoms with Crippen LogP contribution in [0.5, 0.6) is 5.88 Å². The summed E-state index contributed by atoms with van der Waals surface area (Å²) in [6.45, 7) is 2.09. The standard InChI is InChI=1S/C19H20ClFN2O2/c1-11(13-5-6-17(21)16(20)8-13)18(24)22-10-15-7-14(12-3-4-12)9-23-19(15)25-2/h5-9,11-12H,3-4,10H2,1-2H3,(H,22,24)/t11-/m0/s1. The van der Waals surface area contributed by atoms with Gasteiger partial charge in [0.2, 0.25) is 11.8 Å². The molecule has 3 rings (SSSR count). The van der Waals surface area contributed by atoms with Crippen LogP contribution in [-0.2, 0) is 11.3 Å². The van der Waals surface area contributed by atoms with Crippen molar-refractivity contribution in [3.63, 3.8) is 0 Å². The highest BCUT2D eigenvalue weighted by molar-refractivity contribution is 6.30. The lowest BCUT2D eigenvalue weighted by atomic mass is 10.00. The monoisotopic (exact) mass is 362 g/mol. The summed E-state index contributed by atoms with van der Waals surface area (Å²) < 4.78 is 18.6. The Morgan fingerprint density at radius 2 is 2.20 bits per heavy atom. The van der Waals surface area contributed by atoms with Crippen LogP contribution in [0.1, 0.15) is 48.3 Å². The minimum Gasteiger partial charge on any atom is -0.481 e. The molecule has 1 N–H and O–H groups in total. The zero-order chi connectivity index (χ0) is 18.0. The summed E-state index contributed by atoms with van der Waals surface area (Å²) >= 11 is 5.80. The van der Waals surface area contributed by atoms with Gasteiger partial charge in [-0.25, -0.2) is 9.37 Å². The van der Waals surface area contributed by atoms with Crippen LogP contribution in [0, 0.1) is 5.82 Å². The molecule has 132 valence electrons. The zero-order valence-electron chi connectivity index (χ0n) is 14.2. The normalized spacial score (nSPS) is 14.9. The van der Waals surface area contributed by atoms with E-state index in [1.165, 1.54) is 30.5 Å². The number of pyridine rings is 1. The molecule has 1 aromatic carbocycles. The second-order valence-corrected chi connectivity index (χ2v) is 6.73. The van der Waals surface area contributed by atoms with E-state index in [1.807, 2.05) is 12.3 Å².